The van der Waals surface area contributed by atoms with E-state index in [1.54, 1.807) is 18.2 Å². The Morgan fingerprint density at radius 2 is 1.15 bits per heavy atom. The lowest BCUT2D eigenvalue weighted by molar-refractivity contribution is -0.146. The number of methoxy groups -OCH3 is 2. The SMILES string of the molecule is C=C(COC)C(=O)Oc1ccc(-c2ccc(-c3ccc(OC(=O)C(=C)COC)cc3C3CCC(OC(=O)C(=C)CO)CC3)cc2)cc1. The largest absolute Gasteiger partial charge is 0.459 e. The zero-order valence-corrected chi connectivity index (χ0v) is 26.8. The average Bonchev–Trinajstić information content (AvgIpc) is 3.08. The molecule has 1 N–H and O–H groups in total. The molecule has 9 nitrogen and oxygen atoms in total. The van der Waals surface area contributed by atoms with E-state index in [1.165, 1.54) is 14.2 Å². The Labute approximate surface area is 275 Å². The number of hydrogen-bond acceptors (Lipinski definition) is 9. The molecule has 0 radical (unpaired) electrons. The molecular weight excluding hydrogens is 600 g/mol. The maximum Gasteiger partial charge on any atom is 0.341 e. The fraction of sp³-hybridized carbons (Fsp3) is 0.289. The van der Waals surface area contributed by atoms with Crippen LogP contribution in [0.1, 0.15) is 37.2 Å². The molecule has 3 aromatic carbocycles. The number of hydrogen-bond donors (Lipinski definition) is 1. The fourth-order valence-corrected chi connectivity index (χ4v) is 5.38. The molecule has 0 aliphatic heterocycles. The lowest BCUT2D eigenvalue weighted by Crippen LogP contribution is -2.25. The van der Waals surface area contributed by atoms with Crippen molar-refractivity contribution in [2.45, 2.75) is 37.7 Å². The number of carbonyl (C=O) groups excluding carboxylic acids is 3. The zero-order chi connectivity index (χ0) is 33.9. The highest BCUT2D eigenvalue weighted by molar-refractivity contribution is 5.90. The van der Waals surface area contributed by atoms with Gasteiger partial charge in [-0.25, -0.2) is 14.4 Å². The van der Waals surface area contributed by atoms with Gasteiger partial charge >= 0.3 is 17.9 Å². The highest BCUT2D eigenvalue weighted by atomic mass is 16.6. The minimum atomic E-state index is -0.578. The van der Waals surface area contributed by atoms with Crippen LogP contribution in [0, 0.1) is 0 Å². The van der Waals surface area contributed by atoms with Crippen molar-refractivity contribution in [3.63, 3.8) is 0 Å². The van der Waals surface area contributed by atoms with E-state index in [0.29, 0.717) is 24.3 Å². The molecule has 246 valence electrons. The molecule has 3 aromatic rings. The van der Waals surface area contributed by atoms with E-state index in [4.69, 9.17) is 23.7 Å². The predicted octanol–water partition coefficient (Wildman–Crippen LogP) is 6.35. The molecule has 9 heteroatoms. The lowest BCUT2D eigenvalue weighted by Gasteiger charge is -2.30. The molecule has 0 heterocycles. The topological polar surface area (TPSA) is 118 Å². The molecule has 0 bridgehead atoms. The summed E-state index contributed by atoms with van der Waals surface area (Å²) in [5, 5.41) is 9.20. The summed E-state index contributed by atoms with van der Waals surface area (Å²) in [6.07, 6.45) is 2.53. The molecule has 4 rings (SSSR count). The Morgan fingerprint density at radius 3 is 1.68 bits per heavy atom. The van der Waals surface area contributed by atoms with Crippen molar-refractivity contribution in [2.24, 2.45) is 0 Å². The first kappa shape index (κ1) is 35.0. The van der Waals surface area contributed by atoms with E-state index in [9.17, 15) is 19.5 Å². The first-order valence-corrected chi connectivity index (χ1v) is 15.3. The van der Waals surface area contributed by atoms with Crippen molar-refractivity contribution in [1.82, 2.24) is 0 Å². The van der Waals surface area contributed by atoms with E-state index >= 15 is 0 Å². The summed E-state index contributed by atoms with van der Waals surface area (Å²) in [4.78, 5) is 36.8. The van der Waals surface area contributed by atoms with Gasteiger partial charge < -0.3 is 28.8 Å². The van der Waals surface area contributed by atoms with Gasteiger partial charge in [-0.1, -0.05) is 62.2 Å². The summed E-state index contributed by atoms with van der Waals surface area (Å²) in [6, 6.07) is 20.9. The van der Waals surface area contributed by atoms with Crippen LogP contribution in [-0.2, 0) is 28.6 Å². The minimum absolute atomic E-state index is 0.0334. The van der Waals surface area contributed by atoms with Crippen LogP contribution in [-0.4, -0.2) is 63.2 Å². The van der Waals surface area contributed by atoms with Gasteiger partial charge in [0, 0.05) is 14.2 Å². The highest BCUT2D eigenvalue weighted by Crippen LogP contribution is 2.41. The van der Waals surface area contributed by atoms with Crippen molar-refractivity contribution in [3.05, 3.63) is 109 Å². The summed E-state index contributed by atoms with van der Waals surface area (Å²) < 4.78 is 26.5. The highest BCUT2D eigenvalue weighted by Gasteiger charge is 2.28. The number of carbonyl (C=O) groups is 3. The van der Waals surface area contributed by atoms with Crippen LogP contribution in [0.3, 0.4) is 0 Å². The van der Waals surface area contributed by atoms with Crippen LogP contribution in [0.25, 0.3) is 22.3 Å². The molecule has 1 aliphatic carbocycles. The average molecular weight is 641 g/mol. The van der Waals surface area contributed by atoms with Crippen LogP contribution in [0.15, 0.2) is 103 Å². The van der Waals surface area contributed by atoms with Crippen molar-refractivity contribution < 1.29 is 43.2 Å². The number of aliphatic hydroxyl groups is 1. The monoisotopic (exact) mass is 640 g/mol. The van der Waals surface area contributed by atoms with Gasteiger partial charge in [0.25, 0.3) is 0 Å². The smallest absolute Gasteiger partial charge is 0.341 e. The second kappa shape index (κ2) is 16.6. The first-order chi connectivity index (χ1) is 22.6. The number of aliphatic hydroxyl groups excluding tert-OH is 1. The summed E-state index contributed by atoms with van der Waals surface area (Å²) in [6.45, 7) is 10.7. The van der Waals surface area contributed by atoms with Crippen molar-refractivity contribution in [3.8, 4) is 33.8 Å². The molecule has 0 amide bonds. The summed E-state index contributed by atoms with van der Waals surface area (Å²) in [7, 11) is 2.97. The van der Waals surface area contributed by atoms with E-state index < -0.39 is 24.5 Å². The maximum absolute atomic E-state index is 12.6. The van der Waals surface area contributed by atoms with Crippen molar-refractivity contribution >= 4 is 17.9 Å². The maximum atomic E-state index is 12.6. The van der Waals surface area contributed by atoms with E-state index in [2.05, 4.69) is 19.7 Å². The van der Waals surface area contributed by atoms with Crippen LogP contribution >= 0.6 is 0 Å². The van der Waals surface area contributed by atoms with E-state index in [0.717, 1.165) is 40.7 Å². The number of esters is 3. The fourth-order valence-electron chi connectivity index (χ4n) is 5.38. The molecule has 1 saturated carbocycles. The van der Waals surface area contributed by atoms with Crippen LogP contribution in [0.5, 0.6) is 11.5 Å². The number of ether oxygens (including phenoxy) is 5. The molecule has 0 atom stereocenters. The van der Waals surface area contributed by atoms with Crippen molar-refractivity contribution in [2.75, 3.05) is 34.0 Å². The molecule has 47 heavy (non-hydrogen) atoms. The summed E-state index contributed by atoms with van der Waals surface area (Å²) >= 11 is 0. The van der Waals surface area contributed by atoms with Crippen LogP contribution in [0.2, 0.25) is 0 Å². The Balaban J connectivity index is 1.54. The Hall–Kier alpha value is -4.83. The second-order valence-electron chi connectivity index (χ2n) is 11.3. The standard InChI is InChI=1S/C38H40O9/c1-24(21-39)36(40)45-32-16-12-30(13-17-32)35-20-33(47-38(42)26(3)23-44-5)18-19-34(35)29-8-6-27(7-9-29)28-10-14-31(15-11-28)46-37(41)25(2)22-43-4/h6-11,14-15,18-20,30,32,39H,1-3,12-13,16-17,21-23H2,4-5H3. The van der Waals surface area contributed by atoms with Gasteiger partial charge in [-0.05, 0) is 83.7 Å². The second-order valence-corrected chi connectivity index (χ2v) is 11.3. The van der Waals surface area contributed by atoms with Gasteiger partial charge in [0.2, 0.25) is 0 Å². The normalized spacial score (nSPS) is 15.7. The predicted molar refractivity (Wildman–Crippen MR) is 178 cm³/mol. The summed E-state index contributed by atoms with van der Waals surface area (Å²) in [5.41, 5.74) is 5.41. The van der Waals surface area contributed by atoms with Gasteiger partial charge in [0.1, 0.15) is 17.6 Å². The molecule has 0 aromatic heterocycles. The molecule has 0 unspecified atom stereocenters. The van der Waals surface area contributed by atoms with Gasteiger partial charge in [-0.15, -0.1) is 0 Å². The zero-order valence-electron chi connectivity index (χ0n) is 26.8. The molecule has 0 saturated heterocycles. The third-order valence-electron chi connectivity index (χ3n) is 7.91. The Kier molecular flexibility index (Phi) is 12.4. The summed E-state index contributed by atoms with van der Waals surface area (Å²) in [5.74, 6) is -0.742. The lowest BCUT2D eigenvalue weighted by atomic mass is 9.79. The van der Waals surface area contributed by atoms with Crippen LogP contribution < -0.4 is 9.47 Å². The third-order valence-corrected chi connectivity index (χ3v) is 7.91. The van der Waals surface area contributed by atoms with Gasteiger partial charge in [0.15, 0.2) is 0 Å². The number of rotatable bonds is 14. The number of benzene rings is 3. The molecule has 1 fully saturated rings. The Morgan fingerprint density at radius 1 is 0.660 bits per heavy atom. The van der Waals surface area contributed by atoms with Crippen molar-refractivity contribution in [1.29, 1.82) is 0 Å². The van der Waals surface area contributed by atoms with Gasteiger partial charge in [-0.2, -0.15) is 0 Å². The van der Waals surface area contributed by atoms with Crippen LogP contribution in [0.4, 0.5) is 0 Å². The van der Waals surface area contributed by atoms with E-state index in [1.807, 2.05) is 48.5 Å². The molecule has 1 aliphatic rings. The van der Waals surface area contributed by atoms with E-state index in [-0.39, 0.29) is 42.0 Å². The quantitative estimate of drug-likeness (QED) is 0.122. The van der Waals surface area contributed by atoms with Gasteiger partial charge in [-0.3, -0.25) is 0 Å². The molecular formula is C38H40O9. The first-order valence-electron chi connectivity index (χ1n) is 15.3. The Bertz CT molecular complexity index is 1610. The minimum Gasteiger partial charge on any atom is -0.459 e. The molecule has 0 spiro atoms. The van der Waals surface area contributed by atoms with Gasteiger partial charge in [0.05, 0.1) is 36.5 Å². The third kappa shape index (κ3) is 9.36.